The molecule has 7 heteroatoms. The SMILES string of the molecule is Cc1ccc(C)c(OCCC(=O)Nc2nc(-c3ccc(F)c(F)c3)cs2)c1. The number of carbonyl (C=O) groups excluding carboxylic acids is 1. The summed E-state index contributed by atoms with van der Waals surface area (Å²) in [6.45, 7) is 4.17. The number of amides is 1. The van der Waals surface area contributed by atoms with Crippen LogP contribution in [0.25, 0.3) is 11.3 Å². The smallest absolute Gasteiger partial charge is 0.229 e. The number of carbonyl (C=O) groups is 1. The van der Waals surface area contributed by atoms with E-state index in [1.54, 1.807) is 5.38 Å². The first-order valence-corrected chi connectivity index (χ1v) is 9.21. The van der Waals surface area contributed by atoms with Gasteiger partial charge in [-0.2, -0.15) is 0 Å². The van der Waals surface area contributed by atoms with Crippen molar-refractivity contribution in [3.05, 3.63) is 64.5 Å². The van der Waals surface area contributed by atoms with E-state index in [1.165, 1.54) is 17.4 Å². The summed E-state index contributed by atoms with van der Waals surface area (Å²) in [7, 11) is 0. The molecule has 0 fully saturated rings. The first kappa shape index (κ1) is 19.0. The van der Waals surface area contributed by atoms with Crippen molar-refractivity contribution in [1.29, 1.82) is 0 Å². The van der Waals surface area contributed by atoms with Crippen molar-refractivity contribution in [2.75, 3.05) is 11.9 Å². The molecule has 0 saturated heterocycles. The number of hydrogen-bond acceptors (Lipinski definition) is 4. The van der Waals surface area contributed by atoms with Crippen molar-refractivity contribution in [1.82, 2.24) is 4.98 Å². The molecule has 1 amide bonds. The Balaban J connectivity index is 1.54. The van der Waals surface area contributed by atoms with Crippen LogP contribution in [0.15, 0.2) is 41.8 Å². The lowest BCUT2D eigenvalue weighted by Crippen LogP contribution is -2.15. The zero-order valence-corrected chi connectivity index (χ0v) is 15.7. The zero-order chi connectivity index (χ0) is 19.4. The number of aryl methyl sites for hydroxylation is 2. The van der Waals surface area contributed by atoms with E-state index in [9.17, 15) is 13.6 Å². The lowest BCUT2D eigenvalue weighted by Gasteiger charge is -2.09. The van der Waals surface area contributed by atoms with E-state index in [-0.39, 0.29) is 18.9 Å². The van der Waals surface area contributed by atoms with Gasteiger partial charge >= 0.3 is 0 Å². The Morgan fingerprint density at radius 3 is 2.74 bits per heavy atom. The van der Waals surface area contributed by atoms with Crippen LogP contribution >= 0.6 is 11.3 Å². The van der Waals surface area contributed by atoms with Gasteiger partial charge in [-0.3, -0.25) is 4.79 Å². The fourth-order valence-corrected chi connectivity index (χ4v) is 3.15. The largest absolute Gasteiger partial charge is 0.493 e. The van der Waals surface area contributed by atoms with Gasteiger partial charge in [0.25, 0.3) is 0 Å². The molecule has 4 nitrogen and oxygen atoms in total. The molecule has 0 unspecified atom stereocenters. The molecule has 0 aliphatic heterocycles. The summed E-state index contributed by atoms with van der Waals surface area (Å²) < 4.78 is 32.0. The number of rotatable bonds is 6. The van der Waals surface area contributed by atoms with Crippen LogP contribution in [0.4, 0.5) is 13.9 Å². The highest BCUT2D eigenvalue weighted by atomic mass is 32.1. The summed E-state index contributed by atoms with van der Waals surface area (Å²) in [6, 6.07) is 9.47. The molecule has 0 atom stereocenters. The molecular weight excluding hydrogens is 370 g/mol. The summed E-state index contributed by atoms with van der Waals surface area (Å²) in [5.74, 6) is -1.31. The molecule has 0 radical (unpaired) electrons. The Labute approximate surface area is 159 Å². The Morgan fingerprint density at radius 2 is 1.96 bits per heavy atom. The van der Waals surface area contributed by atoms with Gasteiger partial charge in [0.1, 0.15) is 5.75 Å². The predicted octanol–water partition coefficient (Wildman–Crippen LogP) is 5.11. The van der Waals surface area contributed by atoms with Gasteiger partial charge in [0.2, 0.25) is 5.91 Å². The van der Waals surface area contributed by atoms with Crippen molar-refractivity contribution >= 4 is 22.4 Å². The maximum atomic E-state index is 13.3. The highest BCUT2D eigenvalue weighted by Crippen LogP contribution is 2.26. The molecule has 1 N–H and O–H groups in total. The Morgan fingerprint density at radius 1 is 1.15 bits per heavy atom. The molecule has 0 aliphatic carbocycles. The van der Waals surface area contributed by atoms with E-state index in [1.807, 2.05) is 32.0 Å². The Kier molecular flexibility index (Phi) is 5.81. The molecule has 0 saturated carbocycles. The molecule has 0 aliphatic rings. The normalized spacial score (nSPS) is 10.7. The van der Waals surface area contributed by atoms with Gasteiger partial charge in [-0.25, -0.2) is 13.8 Å². The minimum atomic E-state index is -0.935. The molecule has 1 aromatic heterocycles. The summed E-state index contributed by atoms with van der Waals surface area (Å²) in [4.78, 5) is 16.3. The van der Waals surface area contributed by atoms with Crippen LogP contribution in [0, 0.1) is 25.5 Å². The van der Waals surface area contributed by atoms with Crippen LogP contribution in [-0.4, -0.2) is 17.5 Å². The molecule has 0 bridgehead atoms. The van der Waals surface area contributed by atoms with Crippen LogP contribution in [0.3, 0.4) is 0 Å². The van der Waals surface area contributed by atoms with Gasteiger partial charge in [0.15, 0.2) is 16.8 Å². The second-order valence-corrected chi connectivity index (χ2v) is 6.94. The van der Waals surface area contributed by atoms with Crippen molar-refractivity contribution in [2.24, 2.45) is 0 Å². The third-order valence-corrected chi connectivity index (χ3v) is 4.65. The summed E-state index contributed by atoms with van der Waals surface area (Å²) >= 11 is 1.22. The van der Waals surface area contributed by atoms with Crippen molar-refractivity contribution in [3.8, 4) is 17.0 Å². The number of hydrogen-bond donors (Lipinski definition) is 1. The monoisotopic (exact) mass is 388 g/mol. The van der Waals surface area contributed by atoms with Crippen molar-refractivity contribution in [3.63, 3.8) is 0 Å². The quantitative estimate of drug-likeness (QED) is 0.638. The first-order valence-electron chi connectivity index (χ1n) is 8.33. The van der Waals surface area contributed by atoms with E-state index >= 15 is 0 Å². The second kappa shape index (κ2) is 8.26. The Hall–Kier alpha value is -2.80. The highest BCUT2D eigenvalue weighted by Gasteiger charge is 2.11. The molecule has 140 valence electrons. The van der Waals surface area contributed by atoms with Crippen molar-refractivity contribution < 1.29 is 18.3 Å². The van der Waals surface area contributed by atoms with Crippen LogP contribution in [-0.2, 0) is 4.79 Å². The van der Waals surface area contributed by atoms with Crippen LogP contribution < -0.4 is 10.1 Å². The average molecular weight is 388 g/mol. The third kappa shape index (κ3) is 4.89. The van der Waals surface area contributed by atoms with E-state index < -0.39 is 11.6 Å². The molecule has 0 spiro atoms. The minimum absolute atomic E-state index is 0.174. The zero-order valence-electron chi connectivity index (χ0n) is 14.9. The summed E-state index contributed by atoms with van der Waals surface area (Å²) in [5.41, 5.74) is 3.02. The van der Waals surface area contributed by atoms with Gasteiger partial charge in [0.05, 0.1) is 18.7 Å². The van der Waals surface area contributed by atoms with Gasteiger partial charge in [0, 0.05) is 10.9 Å². The van der Waals surface area contributed by atoms with Gasteiger partial charge < -0.3 is 10.1 Å². The highest BCUT2D eigenvalue weighted by molar-refractivity contribution is 7.14. The number of anilines is 1. The fraction of sp³-hybridized carbons (Fsp3) is 0.200. The summed E-state index contributed by atoms with van der Waals surface area (Å²) in [5, 5.41) is 4.76. The van der Waals surface area contributed by atoms with Crippen LogP contribution in [0.5, 0.6) is 5.75 Å². The van der Waals surface area contributed by atoms with E-state index in [2.05, 4.69) is 10.3 Å². The second-order valence-electron chi connectivity index (χ2n) is 6.08. The molecule has 27 heavy (non-hydrogen) atoms. The minimum Gasteiger partial charge on any atom is -0.493 e. The fourth-order valence-electron chi connectivity index (χ4n) is 2.42. The van der Waals surface area contributed by atoms with Crippen LogP contribution in [0.1, 0.15) is 17.5 Å². The number of nitrogens with one attached hydrogen (secondary N) is 1. The molecule has 2 aromatic carbocycles. The standard InChI is InChI=1S/C20H18F2N2O2S/c1-12-3-4-13(2)18(9-12)26-8-7-19(25)24-20-23-17(11-27-20)14-5-6-15(21)16(22)10-14/h3-6,9-11H,7-8H2,1-2H3,(H,23,24,25). The maximum absolute atomic E-state index is 13.3. The number of aromatic nitrogens is 1. The first-order chi connectivity index (χ1) is 12.9. The number of halogens is 2. The van der Waals surface area contributed by atoms with E-state index in [0.717, 1.165) is 29.0 Å². The van der Waals surface area contributed by atoms with Crippen molar-refractivity contribution in [2.45, 2.75) is 20.3 Å². The molecule has 1 heterocycles. The maximum Gasteiger partial charge on any atom is 0.229 e. The van der Waals surface area contributed by atoms with Gasteiger partial charge in [-0.1, -0.05) is 12.1 Å². The third-order valence-electron chi connectivity index (χ3n) is 3.90. The molecule has 3 aromatic rings. The molecular formula is C20H18F2N2O2S. The summed E-state index contributed by atoms with van der Waals surface area (Å²) in [6.07, 6.45) is 0.174. The number of nitrogens with zero attached hydrogens (tertiary/aromatic N) is 1. The number of benzene rings is 2. The Bertz CT molecular complexity index is 972. The lowest BCUT2D eigenvalue weighted by atomic mass is 10.1. The van der Waals surface area contributed by atoms with Crippen LogP contribution in [0.2, 0.25) is 0 Å². The van der Waals surface area contributed by atoms with Gasteiger partial charge in [-0.15, -0.1) is 11.3 Å². The topological polar surface area (TPSA) is 51.2 Å². The molecule has 3 rings (SSSR count). The predicted molar refractivity (Wildman–Crippen MR) is 102 cm³/mol. The van der Waals surface area contributed by atoms with E-state index in [4.69, 9.17) is 4.74 Å². The lowest BCUT2D eigenvalue weighted by molar-refractivity contribution is -0.116. The average Bonchev–Trinajstić information content (AvgIpc) is 3.08. The van der Waals surface area contributed by atoms with Gasteiger partial charge in [-0.05, 0) is 49.2 Å². The number of ether oxygens (including phenoxy) is 1. The number of thiazole rings is 1. The van der Waals surface area contributed by atoms with E-state index in [0.29, 0.717) is 16.4 Å².